The largest absolute Gasteiger partial charge is 0.394 e. The van der Waals surface area contributed by atoms with Gasteiger partial charge in [-0.25, -0.2) is 4.98 Å². The molecule has 0 spiro atoms. The summed E-state index contributed by atoms with van der Waals surface area (Å²) in [6.45, 7) is 5.51. The molecule has 0 aromatic carbocycles. The van der Waals surface area contributed by atoms with Crippen LogP contribution in [0.15, 0.2) is 18.3 Å². The van der Waals surface area contributed by atoms with E-state index < -0.39 is 0 Å². The van der Waals surface area contributed by atoms with Crippen molar-refractivity contribution < 1.29 is 9.90 Å². The van der Waals surface area contributed by atoms with Crippen molar-refractivity contribution in [2.24, 2.45) is 0 Å². The zero-order valence-corrected chi connectivity index (χ0v) is 11.1. The van der Waals surface area contributed by atoms with Crippen LogP contribution in [0.3, 0.4) is 0 Å². The Morgan fingerprint density at radius 3 is 2.84 bits per heavy atom. The van der Waals surface area contributed by atoms with Crippen LogP contribution in [0.25, 0.3) is 0 Å². The van der Waals surface area contributed by atoms with Crippen LogP contribution in [-0.2, 0) is 0 Å². The molecule has 6 heteroatoms. The topological polar surface area (TPSA) is 77.5 Å². The maximum atomic E-state index is 11.8. The first kappa shape index (κ1) is 13.8. The predicted molar refractivity (Wildman–Crippen MR) is 73.3 cm³/mol. The number of piperazine rings is 1. The molecule has 0 bridgehead atoms. The van der Waals surface area contributed by atoms with Gasteiger partial charge in [-0.15, -0.1) is 0 Å². The van der Waals surface area contributed by atoms with Crippen molar-refractivity contribution in [3.63, 3.8) is 0 Å². The van der Waals surface area contributed by atoms with E-state index in [0.29, 0.717) is 5.69 Å². The molecule has 1 aromatic rings. The van der Waals surface area contributed by atoms with E-state index in [2.05, 4.69) is 20.5 Å². The lowest BCUT2D eigenvalue weighted by atomic mass is 10.2. The van der Waals surface area contributed by atoms with Crippen LogP contribution in [0.4, 0.5) is 5.69 Å². The molecule has 1 aliphatic rings. The zero-order valence-electron chi connectivity index (χ0n) is 11.1. The summed E-state index contributed by atoms with van der Waals surface area (Å²) in [6, 6.07) is 3.37. The number of aliphatic hydroxyl groups excluding tert-OH is 1. The Hall–Kier alpha value is -1.66. The molecule has 2 rings (SSSR count). The molecule has 0 aliphatic carbocycles. The van der Waals surface area contributed by atoms with Crippen molar-refractivity contribution in [2.75, 3.05) is 37.7 Å². The van der Waals surface area contributed by atoms with Crippen molar-refractivity contribution in [3.8, 4) is 0 Å². The van der Waals surface area contributed by atoms with Crippen LogP contribution >= 0.6 is 0 Å². The lowest BCUT2D eigenvalue weighted by molar-refractivity contribution is 0.0917. The van der Waals surface area contributed by atoms with Gasteiger partial charge >= 0.3 is 0 Å². The first-order valence-electron chi connectivity index (χ1n) is 6.54. The standard InChI is InChI=1S/C13H20N4O2/c1-10(9-18)16-13(19)12-3-2-11(8-15-12)17-6-4-14-5-7-17/h2-3,8,10,14,18H,4-7,9H2,1H3,(H,16,19)/t10-/m1/s1. The normalized spacial score (nSPS) is 17.1. The highest BCUT2D eigenvalue weighted by Gasteiger charge is 2.13. The molecule has 1 aliphatic heterocycles. The van der Waals surface area contributed by atoms with E-state index in [1.165, 1.54) is 0 Å². The Morgan fingerprint density at radius 2 is 2.26 bits per heavy atom. The molecular formula is C13H20N4O2. The van der Waals surface area contributed by atoms with Gasteiger partial charge in [0.2, 0.25) is 0 Å². The number of hydrogen-bond donors (Lipinski definition) is 3. The summed E-state index contributed by atoms with van der Waals surface area (Å²) in [6.07, 6.45) is 1.73. The minimum absolute atomic E-state index is 0.0788. The van der Waals surface area contributed by atoms with Crippen LogP contribution in [0, 0.1) is 0 Å². The number of amides is 1. The van der Waals surface area contributed by atoms with Gasteiger partial charge in [0.25, 0.3) is 5.91 Å². The molecule has 1 fully saturated rings. The molecule has 6 nitrogen and oxygen atoms in total. The van der Waals surface area contributed by atoms with E-state index in [1.807, 2.05) is 6.07 Å². The van der Waals surface area contributed by atoms with Gasteiger partial charge in [0.05, 0.1) is 18.5 Å². The fourth-order valence-corrected chi connectivity index (χ4v) is 1.97. The van der Waals surface area contributed by atoms with E-state index in [9.17, 15) is 4.79 Å². The maximum Gasteiger partial charge on any atom is 0.270 e. The molecule has 19 heavy (non-hydrogen) atoms. The van der Waals surface area contributed by atoms with Gasteiger partial charge in [0.15, 0.2) is 0 Å². The highest BCUT2D eigenvalue weighted by Crippen LogP contribution is 2.13. The monoisotopic (exact) mass is 264 g/mol. The molecule has 3 N–H and O–H groups in total. The van der Waals surface area contributed by atoms with Crippen molar-refractivity contribution in [2.45, 2.75) is 13.0 Å². The smallest absolute Gasteiger partial charge is 0.270 e. The van der Waals surface area contributed by atoms with E-state index in [1.54, 1.807) is 19.2 Å². The molecule has 1 amide bonds. The van der Waals surface area contributed by atoms with Crippen molar-refractivity contribution in [1.29, 1.82) is 0 Å². The summed E-state index contributed by atoms with van der Waals surface area (Å²) >= 11 is 0. The summed E-state index contributed by atoms with van der Waals surface area (Å²) in [5.74, 6) is -0.256. The number of carbonyl (C=O) groups excluding carboxylic acids is 1. The van der Waals surface area contributed by atoms with Gasteiger partial charge in [0.1, 0.15) is 5.69 Å². The third-order valence-corrected chi connectivity index (χ3v) is 3.11. The van der Waals surface area contributed by atoms with Gasteiger partial charge in [-0.3, -0.25) is 4.79 Å². The van der Waals surface area contributed by atoms with Crippen LogP contribution < -0.4 is 15.5 Å². The van der Waals surface area contributed by atoms with Gasteiger partial charge in [0, 0.05) is 32.2 Å². The second-order valence-electron chi connectivity index (χ2n) is 4.70. The van der Waals surface area contributed by atoms with E-state index in [-0.39, 0.29) is 18.6 Å². The van der Waals surface area contributed by atoms with E-state index in [0.717, 1.165) is 31.9 Å². The molecule has 1 atom stereocenters. The van der Waals surface area contributed by atoms with Crippen LogP contribution in [0.2, 0.25) is 0 Å². The summed E-state index contributed by atoms with van der Waals surface area (Å²) in [7, 11) is 0. The van der Waals surface area contributed by atoms with Gasteiger partial charge < -0.3 is 20.6 Å². The first-order chi connectivity index (χ1) is 9.20. The summed E-state index contributed by atoms with van der Waals surface area (Å²) in [5, 5.41) is 14.9. The number of pyridine rings is 1. The summed E-state index contributed by atoms with van der Waals surface area (Å²) in [4.78, 5) is 18.2. The Kier molecular flexibility index (Phi) is 4.70. The van der Waals surface area contributed by atoms with Crippen molar-refractivity contribution in [1.82, 2.24) is 15.6 Å². The molecule has 1 aromatic heterocycles. The molecule has 2 heterocycles. The number of aromatic nitrogens is 1. The van der Waals surface area contributed by atoms with E-state index >= 15 is 0 Å². The molecule has 0 saturated carbocycles. The lowest BCUT2D eigenvalue weighted by Crippen LogP contribution is -2.43. The first-order valence-corrected chi connectivity index (χ1v) is 6.54. The average Bonchev–Trinajstić information content (AvgIpc) is 2.48. The number of aliphatic hydroxyl groups is 1. The molecule has 104 valence electrons. The predicted octanol–water partition coefficient (Wildman–Crippen LogP) is -0.398. The van der Waals surface area contributed by atoms with Crippen molar-refractivity contribution in [3.05, 3.63) is 24.0 Å². The number of rotatable bonds is 4. The summed E-state index contributed by atoms with van der Waals surface area (Å²) in [5.41, 5.74) is 1.41. The quantitative estimate of drug-likeness (QED) is 0.690. The fourth-order valence-electron chi connectivity index (χ4n) is 1.97. The average molecular weight is 264 g/mol. The van der Waals surface area contributed by atoms with Crippen LogP contribution in [0.1, 0.15) is 17.4 Å². The number of nitrogens with zero attached hydrogens (tertiary/aromatic N) is 2. The van der Waals surface area contributed by atoms with Crippen LogP contribution in [0.5, 0.6) is 0 Å². The highest BCUT2D eigenvalue weighted by molar-refractivity contribution is 5.92. The fraction of sp³-hybridized carbons (Fsp3) is 0.538. The lowest BCUT2D eigenvalue weighted by Gasteiger charge is -2.29. The van der Waals surface area contributed by atoms with Crippen LogP contribution in [-0.4, -0.2) is 54.8 Å². The minimum Gasteiger partial charge on any atom is -0.394 e. The third kappa shape index (κ3) is 3.65. The summed E-state index contributed by atoms with van der Waals surface area (Å²) < 4.78 is 0. The second kappa shape index (κ2) is 6.49. The molecule has 0 radical (unpaired) electrons. The van der Waals surface area contributed by atoms with Crippen molar-refractivity contribution >= 4 is 11.6 Å². The molecule has 1 saturated heterocycles. The van der Waals surface area contributed by atoms with Gasteiger partial charge in [-0.05, 0) is 19.1 Å². The number of nitrogens with one attached hydrogen (secondary N) is 2. The number of carbonyl (C=O) groups is 1. The number of anilines is 1. The minimum atomic E-state index is -0.262. The Morgan fingerprint density at radius 1 is 1.53 bits per heavy atom. The Bertz CT molecular complexity index is 415. The SMILES string of the molecule is C[C@H](CO)NC(=O)c1ccc(N2CCNCC2)cn1. The molecular weight excluding hydrogens is 244 g/mol. The highest BCUT2D eigenvalue weighted by atomic mass is 16.3. The number of hydrogen-bond acceptors (Lipinski definition) is 5. The maximum absolute atomic E-state index is 11.8. The molecule has 0 unspecified atom stereocenters. The van der Waals surface area contributed by atoms with Gasteiger partial charge in [-0.1, -0.05) is 0 Å². The van der Waals surface area contributed by atoms with E-state index in [4.69, 9.17) is 5.11 Å². The Balaban J connectivity index is 1.99. The third-order valence-electron chi connectivity index (χ3n) is 3.11. The Labute approximate surface area is 112 Å². The van der Waals surface area contributed by atoms with Gasteiger partial charge in [-0.2, -0.15) is 0 Å². The zero-order chi connectivity index (χ0) is 13.7. The second-order valence-corrected chi connectivity index (χ2v) is 4.70.